The van der Waals surface area contributed by atoms with Gasteiger partial charge in [0.2, 0.25) is 0 Å². The molecule has 1 unspecified atom stereocenters. The van der Waals surface area contributed by atoms with Crippen molar-refractivity contribution in [2.24, 2.45) is 0 Å². The number of hydrogen-bond donors (Lipinski definition) is 1. The summed E-state index contributed by atoms with van der Waals surface area (Å²) in [5, 5.41) is 8.67. The summed E-state index contributed by atoms with van der Waals surface area (Å²) in [6.07, 6.45) is 2.68. The van der Waals surface area contributed by atoms with E-state index in [0.29, 0.717) is 12.5 Å². The largest absolute Gasteiger partial charge is 0.395 e. The first-order valence-electron chi connectivity index (χ1n) is 6.55. The minimum Gasteiger partial charge on any atom is -0.395 e. The van der Waals surface area contributed by atoms with Crippen LogP contribution in [0.3, 0.4) is 0 Å². The molecule has 0 spiro atoms. The quantitative estimate of drug-likeness (QED) is 0.809. The summed E-state index contributed by atoms with van der Waals surface area (Å²) in [5.74, 6) is 7.13. The second-order valence-electron chi connectivity index (χ2n) is 4.69. The summed E-state index contributed by atoms with van der Waals surface area (Å²) in [5.41, 5.74) is 2.32. The summed E-state index contributed by atoms with van der Waals surface area (Å²) >= 11 is 1.88. The first-order chi connectivity index (χ1) is 9.17. The average Bonchev–Trinajstić information content (AvgIpc) is 2.41. The highest BCUT2D eigenvalue weighted by molar-refractivity contribution is 7.98. The molecule has 1 aromatic rings. The predicted molar refractivity (Wildman–Crippen MR) is 84.3 cm³/mol. The molecule has 0 amide bonds. The normalized spacial score (nSPS) is 12.1. The molecule has 0 fully saturated rings. The SMILES string of the molecule is CSCC(C)N(C)Cc1ccc(C#CCCO)cc1. The lowest BCUT2D eigenvalue weighted by molar-refractivity contribution is 0.270. The molecule has 0 saturated carbocycles. The number of aliphatic hydroxyl groups is 1. The van der Waals surface area contributed by atoms with Crippen molar-refractivity contribution in [3.05, 3.63) is 35.4 Å². The maximum absolute atomic E-state index is 8.67. The highest BCUT2D eigenvalue weighted by Gasteiger charge is 2.08. The van der Waals surface area contributed by atoms with E-state index in [2.05, 4.69) is 49.1 Å². The molecule has 0 radical (unpaired) electrons. The van der Waals surface area contributed by atoms with Gasteiger partial charge in [0.1, 0.15) is 0 Å². The number of hydrogen-bond acceptors (Lipinski definition) is 3. The Labute approximate surface area is 121 Å². The van der Waals surface area contributed by atoms with Gasteiger partial charge in [0.15, 0.2) is 0 Å². The first kappa shape index (κ1) is 16.1. The van der Waals surface area contributed by atoms with Gasteiger partial charge in [-0.15, -0.1) is 0 Å². The van der Waals surface area contributed by atoms with Gasteiger partial charge in [-0.05, 0) is 37.9 Å². The van der Waals surface area contributed by atoms with Gasteiger partial charge >= 0.3 is 0 Å². The standard InChI is InChI=1S/C16H23NOS/c1-14(13-19-3)17(2)12-16-9-7-15(8-10-16)6-4-5-11-18/h7-10,14,18H,5,11-13H2,1-3H3. The molecule has 0 heterocycles. The van der Waals surface area contributed by atoms with Gasteiger partial charge < -0.3 is 5.11 Å². The van der Waals surface area contributed by atoms with Crippen LogP contribution in [-0.4, -0.2) is 41.7 Å². The summed E-state index contributed by atoms with van der Waals surface area (Å²) in [4.78, 5) is 2.36. The van der Waals surface area contributed by atoms with E-state index in [1.165, 1.54) is 5.56 Å². The molecule has 1 aromatic carbocycles. The lowest BCUT2D eigenvalue weighted by Gasteiger charge is -2.24. The molecule has 0 aliphatic heterocycles. The Morgan fingerprint density at radius 3 is 2.58 bits per heavy atom. The van der Waals surface area contributed by atoms with Gasteiger partial charge in [-0.25, -0.2) is 0 Å². The molecule has 0 aromatic heterocycles. The topological polar surface area (TPSA) is 23.5 Å². The Hall–Kier alpha value is -0.950. The van der Waals surface area contributed by atoms with Crippen molar-refractivity contribution in [2.75, 3.05) is 25.7 Å². The summed E-state index contributed by atoms with van der Waals surface area (Å²) in [6, 6.07) is 8.94. The van der Waals surface area contributed by atoms with Crippen molar-refractivity contribution in [3.8, 4) is 11.8 Å². The smallest absolute Gasteiger partial charge is 0.0540 e. The van der Waals surface area contributed by atoms with Crippen LogP contribution >= 0.6 is 11.8 Å². The monoisotopic (exact) mass is 277 g/mol. The van der Waals surface area contributed by atoms with E-state index in [1.807, 2.05) is 23.9 Å². The third-order valence-electron chi connectivity index (χ3n) is 3.02. The molecule has 2 nitrogen and oxygen atoms in total. The fourth-order valence-corrected chi connectivity index (χ4v) is 2.46. The Kier molecular flexibility index (Phi) is 7.66. The Bertz CT molecular complexity index is 419. The highest BCUT2D eigenvalue weighted by atomic mass is 32.2. The van der Waals surface area contributed by atoms with E-state index in [0.717, 1.165) is 17.9 Å². The lowest BCUT2D eigenvalue weighted by Crippen LogP contribution is -2.30. The number of thioether (sulfide) groups is 1. The first-order valence-corrected chi connectivity index (χ1v) is 7.94. The van der Waals surface area contributed by atoms with Gasteiger partial charge in [-0.1, -0.05) is 24.0 Å². The van der Waals surface area contributed by atoms with Gasteiger partial charge in [-0.3, -0.25) is 4.90 Å². The average molecular weight is 277 g/mol. The van der Waals surface area contributed by atoms with Crippen LogP contribution in [0, 0.1) is 11.8 Å². The molecule has 3 heteroatoms. The van der Waals surface area contributed by atoms with E-state index >= 15 is 0 Å². The predicted octanol–water partition coefficient (Wildman–Crippen LogP) is 2.60. The van der Waals surface area contributed by atoms with Crippen molar-refractivity contribution < 1.29 is 5.11 Å². The number of rotatable bonds is 6. The zero-order valence-corrected chi connectivity index (χ0v) is 12.8. The molecule has 1 N–H and O–H groups in total. The van der Waals surface area contributed by atoms with Crippen molar-refractivity contribution in [1.82, 2.24) is 4.90 Å². The summed E-state index contributed by atoms with van der Waals surface area (Å²) in [6.45, 7) is 3.35. The van der Waals surface area contributed by atoms with E-state index in [4.69, 9.17) is 5.11 Å². The van der Waals surface area contributed by atoms with E-state index in [-0.39, 0.29) is 6.61 Å². The van der Waals surface area contributed by atoms with Crippen LogP contribution in [-0.2, 0) is 6.54 Å². The molecule has 104 valence electrons. The fourth-order valence-electron chi connectivity index (χ4n) is 1.73. The van der Waals surface area contributed by atoms with Crippen LogP contribution in [0.25, 0.3) is 0 Å². The van der Waals surface area contributed by atoms with Gasteiger partial charge in [-0.2, -0.15) is 11.8 Å². The molecular weight excluding hydrogens is 254 g/mol. The van der Waals surface area contributed by atoms with Crippen molar-refractivity contribution in [3.63, 3.8) is 0 Å². The van der Waals surface area contributed by atoms with Gasteiger partial charge in [0, 0.05) is 30.3 Å². The maximum atomic E-state index is 8.67. The zero-order valence-electron chi connectivity index (χ0n) is 12.0. The molecular formula is C16H23NOS. The molecule has 1 atom stereocenters. The maximum Gasteiger partial charge on any atom is 0.0540 e. The Morgan fingerprint density at radius 1 is 1.32 bits per heavy atom. The van der Waals surface area contributed by atoms with Gasteiger partial charge in [0.25, 0.3) is 0 Å². The van der Waals surface area contributed by atoms with Crippen LogP contribution in [0.2, 0.25) is 0 Å². The van der Waals surface area contributed by atoms with E-state index in [1.54, 1.807) is 0 Å². The molecule has 0 aliphatic rings. The van der Waals surface area contributed by atoms with Gasteiger partial charge in [0.05, 0.1) is 6.61 Å². The molecule has 0 aliphatic carbocycles. The number of benzene rings is 1. The second kappa shape index (κ2) is 9.03. The van der Waals surface area contributed by atoms with E-state index < -0.39 is 0 Å². The molecule has 19 heavy (non-hydrogen) atoms. The Morgan fingerprint density at radius 2 is 2.00 bits per heavy atom. The van der Waals surface area contributed by atoms with Crippen LogP contribution in [0.15, 0.2) is 24.3 Å². The minimum absolute atomic E-state index is 0.128. The van der Waals surface area contributed by atoms with E-state index in [9.17, 15) is 0 Å². The van der Waals surface area contributed by atoms with Crippen LogP contribution in [0.5, 0.6) is 0 Å². The third kappa shape index (κ3) is 6.15. The van der Waals surface area contributed by atoms with Crippen LogP contribution in [0.4, 0.5) is 0 Å². The highest BCUT2D eigenvalue weighted by Crippen LogP contribution is 2.10. The number of aliphatic hydroxyl groups excluding tert-OH is 1. The third-order valence-corrected chi connectivity index (χ3v) is 3.83. The summed E-state index contributed by atoms with van der Waals surface area (Å²) < 4.78 is 0. The molecule has 1 rings (SSSR count). The second-order valence-corrected chi connectivity index (χ2v) is 5.60. The van der Waals surface area contributed by atoms with Crippen molar-refractivity contribution >= 4 is 11.8 Å². The zero-order chi connectivity index (χ0) is 14.1. The summed E-state index contributed by atoms with van der Waals surface area (Å²) in [7, 11) is 2.16. The molecule has 0 saturated heterocycles. The Balaban J connectivity index is 2.55. The van der Waals surface area contributed by atoms with Crippen molar-refractivity contribution in [1.29, 1.82) is 0 Å². The van der Waals surface area contributed by atoms with Crippen molar-refractivity contribution in [2.45, 2.75) is 25.9 Å². The van der Waals surface area contributed by atoms with Crippen LogP contribution < -0.4 is 0 Å². The van der Waals surface area contributed by atoms with Crippen LogP contribution in [0.1, 0.15) is 24.5 Å². The molecule has 0 bridgehead atoms. The minimum atomic E-state index is 0.128. The lowest BCUT2D eigenvalue weighted by atomic mass is 10.1. The fraction of sp³-hybridized carbons (Fsp3) is 0.500. The number of nitrogens with zero attached hydrogens (tertiary/aromatic N) is 1.